The van der Waals surface area contributed by atoms with Crippen molar-refractivity contribution in [3.8, 4) is 0 Å². The van der Waals surface area contributed by atoms with Gasteiger partial charge in [0.05, 0.1) is 0 Å². The van der Waals surface area contributed by atoms with E-state index in [9.17, 15) is 13.2 Å². The largest absolute Gasteiger partial charge is 0.431 e. The number of nitrogens with one attached hydrogen (secondary N) is 2. The standard InChI is InChI=1S/C8H9F3N2.ClH/c9-8(10,11)7-3-5-1-2-12-4-6(5)13-7;/h3,12-13H,1-2,4H2;1H. The van der Waals surface area contributed by atoms with Crippen LogP contribution in [0.5, 0.6) is 0 Å². The van der Waals surface area contributed by atoms with Crippen molar-refractivity contribution in [3.63, 3.8) is 0 Å². The minimum atomic E-state index is -4.25. The molecular formula is C8H10ClF3N2. The predicted molar refractivity (Wildman–Crippen MR) is 48.5 cm³/mol. The number of halogens is 4. The molecule has 0 bridgehead atoms. The highest BCUT2D eigenvalue weighted by Gasteiger charge is 2.33. The average Bonchev–Trinajstić information content (AvgIpc) is 2.45. The van der Waals surface area contributed by atoms with Gasteiger partial charge in [0.2, 0.25) is 0 Å². The lowest BCUT2D eigenvalue weighted by molar-refractivity contribution is -0.140. The molecule has 2 N–H and O–H groups in total. The number of aromatic nitrogens is 1. The molecule has 0 amide bonds. The van der Waals surface area contributed by atoms with E-state index >= 15 is 0 Å². The third kappa shape index (κ3) is 2.04. The van der Waals surface area contributed by atoms with Crippen LogP contribution in [0.2, 0.25) is 0 Å². The van der Waals surface area contributed by atoms with Gasteiger partial charge in [-0.15, -0.1) is 12.4 Å². The maximum atomic E-state index is 12.2. The molecule has 0 unspecified atom stereocenters. The zero-order valence-electron chi connectivity index (χ0n) is 7.24. The van der Waals surface area contributed by atoms with E-state index < -0.39 is 11.9 Å². The molecule has 0 aliphatic carbocycles. The summed E-state index contributed by atoms with van der Waals surface area (Å²) in [5.41, 5.74) is 0.811. The van der Waals surface area contributed by atoms with E-state index in [1.165, 1.54) is 6.07 Å². The second-order valence-electron chi connectivity index (χ2n) is 3.11. The van der Waals surface area contributed by atoms with Gasteiger partial charge in [0, 0.05) is 12.2 Å². The van der Waals surface area contributed by atoms with Crippen LogP contribution < -0.4 is 5.32 Å². The second kappa shape index (κ2) is 3.82. The van der Waals surface area contributed by atoms with Crippen LogP contribution in [-0.2, 0) is 19.1 Å². The molecule has 1 aliphatic rings. The van der Waals surface area contributed by atoms with Crippen LogP contribution in [0.25, 0.3) is 0 Å². The molecule has 0 saturated heterocycles. The van der Waals surface area contributed by atoms with Gasteiger partial charge < -0.3 is 10.3 Å². The maximum absolute atomic E-state index is 12.2. The summed E-state index contributed by atoms with van der Waals surface area (Å²) in [6.07, 6.45) is -3.58. The summed E-state index contributed by atoms with van der Waals surface area (Å²) in [6.45, 7) is 1.26. The van der Waals surface area contributed by atoms with Crippen LogP contribution in [-0.4, -0.2) is 11.5 Å². The zero-order valence-corrected chi connectivity index (χ0v) is 8.06. The van der Waals surface area contributed by atoms with Crippen molar-refractivity contribution in [1.29, 1.82) is 0 Å². The van der Waals surface area contributed by atoms with E-state index in [0.717, 1.165) is 12.1 Å². The first-order chi connectivity index (χ1) is 6.07. The Bertz CT molecular complexity index is 295. The van der Waals surface area contributed by atoms with Gasteiger partial charge in [0.25, 0.3) is 0 Å². The summed E-state index contributed by atoms with van der Waals surface area (Å²) in [5, 5.41) is 3.01. The number of rotatable bonds is 0. The number of H-pyrrole nitrogens is 1. The molecule has 0 fully saturated rings. The van der Waals surface area contributed by atoms with Gasteiger partial charge in [-0.3, -0.25) is 0 Å². The maximum Gasteiger partial charge on any atom is 0.431 e. The summed E-state index contributed by atoms with van der Waals surface area (Å²) in [7, 11) is 0. The zero-order chi connectivity index (χ0) is 9.47. The minimum Gasteiger partial charge on any atom is -0.354 e. The SMILES string of the molecule is Cl.FC(F)(F)c1cc2c([nH]1)CNCC2. The first-order valence-electron chi connectivity index (χ1n) is 4.06. The van der Waals surface area contributed by atoms with Gasteiger partial charge in [-0.25, -0.2) is 0 Å². The van der Waals surface area contributed by atoms with Crippen molar-refractivity contribution in [2.45, 2.75) is 19.1 Å². The van der Waals surface area contributed by atoms with Crippen molar-refractivity contribution in [2.24, 2.45) is 0 Å². The normalized spacial score (nSPS) is 15.9. The van der Waals surface area contributed by atoms with E-state index in [1.54, 1.807) is 0 Å². The lowest BCUT2D eigenvalue weighted by atomic mass is 10.1. The number of fused-ring (bicyclic) bond motifs is 1. The Hall–Kier alpha value is -0.680. The van der Waals surface area contributed by atoms with Gasteiger partial charge in [-0.05, 0) is 24.6 Å². The Morgan fingerprint density at radius 1 is 1.29 bits per heavy atom. The van der Waals surface area contributed by atoms with E-state index in [1.807, 2.05) is 0 Å². The molecule has 0 atom stereocenters. The summed E-state index contributed by atoms with van der Waals surface area (Å²) in [5.74, 6) is 0. The fraction of sp³-hybridized carbons (Fsp3) is 0.500. The van der Waals surface area contributed by atoms with Crippen LogP contribution in [0.1, 0.15) is 17.0 Å². The molecule has 0 radical (unpaired) electrons. The van der Waals surface area contributed by atoms with Gasteiger partial charge in [-0.2, -0.15) is 13.2 Å². The lowest BCUT2D eigenvalue weighted by Crippen LogP contribution is -2.22. The Labute approximate surface area is 85.3 Å². The lowest BCUT2D eigenvalue weighted by Gasteiger charge is -2.11. The molecule has 0 spiro atoms. The number of hydrogen-bond acceptors (Lipinski definition) is 1. The first-order valence-corrected chi connectivity index (χ1v) is 4.06. The van der Waals surface area contributed by atoms with Crippen molar-refractivity contribution in [2.75, 3.05) is 6.54 Å². The number of aromatic amines is 1. The first kappa shape index (κ1) is 11.4. The predicted octanol–water partition coefficient (Wildman–Crippen LogP) is 2.10. The van der Waals surface area contributed by atoms with E-state index in [4.69, 9.17) is 0 Å². The summed E-state index contributed by atoms with van der Waals surface area (Å²) in [4.78, 5) is 2.39. The van der Waals surface area contributed by atoms with Crippen LogP contribution >= 0.6 is 12.4 Å². The van der Waals surface area contributed by atoms with Crippen LogP contribution in [0.3, 0.4) is 0 Å². The minimum absolute atomic E-state index is 0. The topological polar surface area (TPSA) is 27.8 Å². The molecule has 2 rings (SSSR count). The van der Waals surface area contributed by atoms with Gasteiger partial charge in [0.15, 0.2) is 0 Å². The van der Waals surface area contributed by atoms with E-state index in [-0.39, 0.29) is 12.4 Å². The molecule has 1 aliphatic heterocycles. The van der Waals surface area contributed by atoms with Crippen LogP contribution in [0.4, 0.5) is 13.2 Å². The van der Waals surface area contributed by atoms with E-state index in [2.05, 4.69) is 10.3 Å². The molecule has 80 valence electrons. The Balaban J connectivity index is 0.000000980. The third-order valence-electron chi connectivity index (χ3n) is 2.17. The Morgan fingerprint density at radius 3 is 2.57 bits per heavy atom. The van der Waals surface area contributed by atoms with Crippen LogP contribution in [0, 0.1) is 0 Å². The van der Waals surface area contributed by atoms with Crippen molar-refractivity contribution >= 4 is 12.4 Å². The number of hydrogen-bond donors (Lipinski definition) is 2. The van der Waals surface area contributed by atoms with Gasteiger partial charge in [0.1, 0.15) is 5.69 Å². The average molecular weight is 227 g/mol. The quantitative estimate of drug-likeness (QED) is 0.697. The summed E-state index contributed by atoms with van der Waals surface area (Å²) >= 11 is 0. The van der Waals surface area contributed by atoms with Gasteiger partial charge in [-0.1, -0.05) is 0 Å². The fourth-order valence-electron chi connectivity index (χ4n) is 1.51. The molecule has 14 heavy (non-hydrogen) atoms. The smallest absolute Gasteiger partial charge is 0.354 e. The van der Waals surface area contributed by atoms with Crippen LogP contribution in [0.15, 0.2) is 6.07 Å². The molecular weight excluding hydrogens is 217 g/mol. The molecule has 2 heterocycles. The molecule has 2 nitrogen and oxygen atoms in total. The Kier molecular flexibility index (Phi) is 3.11. The molecule has 0 saturated carbocycles. The highest BCUT2D eigenvalue weighted by molar-refractivity contribution is 5.85. The summed E-state index contributed by atoms with van der Waals surface area (Å²) < 4.78 is 36.7. The van der Waals surface area contributed by atoms with Crippen molar-refractivity contribution in [1.82, 2.24) is 10.3 Å². The third-order valence-corrected chi connectivity index (χ3v) is 2.17. The highest BCUT2D eigenvalue weighted by Crippen LogP contribution is 2.30. The molecule has 1 aromatic rings. The number of alkyl halides is 3. The monoisotopic (exact) mass is 226 g/mol. The van der Waals surface area contributed by atoms with Crippen molar-refractivity contribution in [3.05, 3.63) is 23.0 Å². The van der Waals surface area contributed by atoms with Crippen molar-refractivity contribution < 1.29 is 13.2 Å². The fourth-order valence-corrected chi connectivity index (χ4v) is 1.51. The Morgan fingerprint density at radius 2 is 2.00 bits per heavy atom. The van der Waals surface area contributed by atoms with E-state index in [0.29, 0.717) is 18.7 Å². The van der Waals surface area contributed by atoms with Gasteiger partial charge >= 0.3 is 6.18 Å². The highest BCUT2D eigenvalue weighted by atomic mass is 35.5. The molecule has 6 heteroatoms. The molecule has 1 aromatic heterocycles. The summed E-state index contributed by atoms with van der Waals surface area (Å²) in [6, 6.07) is 1.20. The molecule has 0 aromatic carbocycles. The second-order valence-corrected chi connectivity index (χ2v) is 3.11.